The molecule has 0 heterocycles. The van der Waals surface area contributed by atoms with Crippen LogP contribution in [0.4, 0.5) is 14.5 Å². The van der Waals surface area contributed by atoms with Crippen molar-refractivity contribution in [2.24, 2.45) is 5.73 Å². The highest BCUT2D eigenvalue weighted by atomic mass is 19.1. The van der Waals surface area contributed by atoms with E-state index in [4.69, 9.17) is 10.5 Å². The Kier molecular flexibility index (Phi) is 4.13. The Morgan fingerprint density at radius 2 is 1.90 bits per heavy atom. The molecular formula is C14H12F2N2O3. The average Bonchev–Trinajstić information content (AvgIpc) is 2.40. The highest BCUT2D eigenvalue weighted by Crippen LogP contribution is 2.33. The largest absolute Gasteiger partial charge is 0.454 e. The van der Waals surface area contributed by atoms with Crippen molar-refractivity contribution in [1.82, 2.24) is 0 Å². The van der Waals surface area contributed by atoms with Gasteiger partial charge in [-0.25, -0.2) is 8.78 Å². The van der Waals surface area contributed by atoms with E-state index < -0.39 is 28.3 Å². The van der Waals surface area contributed by atoms with Crippen LogP contribution in [0.3, 0.4) is 0 Å². The average molecular weight is 294 g/mol. The molecule has 21 heavy (non-hydrogen) atoms. The molecule has 110 valence electrons. The molecule has 7 heteroatoms. The van der Waals surface area contributed by atoms with Crippen LogP contribution in [0.1, 0.15) is 18.5 Å². The Labute approximate surface area is 119 Å². The van der Waals surface area contributed by atoms with Crippen molar-refractivity contribution in [2.45, 2.75) is 13.0 Å². The second-order valence-corrected chi connectivity index (χ2v) is 4.41. The van der Waals surface area contributed by atoms with Gasteiger partial charge in [-0.15, -0.1) is 0 Å². The highest BCUT2D eigenvalue weighted by molar-refractivity contribution is 5.43. The number of rotatable bonds is 4. The molecule has 0 aromatic heterocycles. The fraction of sp³-hybridized carbons (Fsp3) is 0.143. The molecule has 0 radical (unpaired) electrons. The van der Waals surface area contributed by atoms with Crippen LogP contribution in [0, 0.1) is 21.7 Å². The van der Waals surface area contributed by atoms with Crippen LogP contribution in [0.25, 0.3) is 0 Å². The third kappa shape index (κ3) is 3.14. The molecule has 2 aromatic rings. The van der Waals surface area contributed by atoms with Gasteiger partial charge in [-0.1, -0.05) is 6.07 Å². The Morgan fingerprint density at radius 1 is 1.19 bits per heavy atom. The maximum atomic E-state index is 13.8. The number of hydrogen-bond donors (Lipinski definition) is 1. The van der Waals surface area contributed by atoms with E-state index in [-0.39, 0.29) is 17.1 Å². The summed E-state index contributed by atoms with van der Waals surface area (Å²) in [6.07, 6.45) is 0. The molecule has 0 fully saturated rings. The van der Waals surface area contributed by atoms with Gasteiger partial charge in [0, 0.05) is 17.7 Å². The Morgan fingerprint density at radius 3 is 2.48 bits per heavy atom. The maximum absolute atomic E-state index is 13.8. The van der Waals surface area contributed by atoms with Crippen LogP contribution in [-0.2, 0) is 0 Å². The van der Waals surface area contributed by atoms with Gasteiger partial charge in [-0.3, -0.25) is 10.1 Å². The van der Waals surface area contributed by atoms with E-state index in [1.807, 2.05) is 0 Å². The summed E-state index contributed by atoms with van der Waals surface area (Å²) in [5.74, 6) is -1.65. The van der Waals surface area contributed by atoms with Crippen molar-refractivity contribution in [3.8, 4) is 11.5 Å². The number of nitrogens with zero attached hydrogens (tertiary/aromatic N) is 1. The van der Waals surface area contributed by atoms with Crippen molar-refractivity contribution in [2.75, 3.05) is 0 Å². The van der Waals surface area contributed by atoms with Gasteiger partial charge in [0.25, 0.3) is 5.69 Å². The van der Waals surface area contributed by atoms with Gasteiger partial charge in [0.2, 0.25) is 0 Å². The fourth-order valence-corrected chi connectivity index (χ4v) is 1.85. The van der Waals surface area contributed by atoms with Gasteiger partial charge in [-0.2, -0.15) is 0 Å². The monoisotopic (exact) mass is 294 g/mol. The first-order valence-electron chi connectivity index (χ1n) is 6.06. The molecular weight excluding hydrogens is 282 g/mol. The van der Waals surface area contributed by atoms with Crippen LogP contribution < -0.4 is 10.5 Å². The smallest absolute Gasteiger partial charge is 0.272 e. The summed E-state index contributed by atoms with van der Waals surface area (Å²) in [5.41, 5.74) is 5.38. The first-order valence-corrected chi connectivity index (χ1v) is 6.06. The second-order valence-electron chi connectivity index (χ2n) is 4.41. The third-order valence-electron chi connectivity index (χ3n) is 2.81. The van der Waals surface area contributed by atoms with Gasteiger partial charge < -0.3 is 10.5 Å². The van der Waals surface area contributed by atoms with Crippen LogP contribution >= 0.6 is 0 Å². The van der Waals surface area contributed by atoms with E-state index in [0.29, 0.717) is 0 Å². The lowest BCUT2D eigenvalue weighted by molar-refractivity contribution is -0.385. The van der Waals surface area contributed by atoms with Crippen molar-refractivity contribution in [3.05, 3.63) is 63.7 Å². The minimum Gasteiger partial charge on any atom is -0.454 e. The van der Waals surface area contributed by atoms with Crippen LogP contribution in [0.5, 0.6) is 11.5 Å². The van der Waals surface area contributed by atoms with Crippen molar-refractivity contribution >= 4 is 5.69 Å². The predicted molar refractivity (Wildman–Crippen MR) is 72.1 cm³/mol. The number of benzene rings is 2. The molecule has 0 aliphatic rings. The molecule has 0 saturated heterocycles. The van der Waals surface area contributed by atoms with Crippen LogP contribution in [0.15, 0.2) is 36.4 Å². The highest BCUT2D eigenvalue weighted by Gasteiger charge is 2.17. The van der Waals surface area contributed by atoms with Gasteiger partial charge in [0.05, 0.1) is 11.0 Å². The van der Waals surface area contributed by atoms with E-state index in [2.05, 4.69) is 0 Å². The van der Waals surface area contributed by atoms with Crippen LogP contribution in [0.2, 0.25) is 0 Å². The number of hydrogen-bond acceptors (Lipinski definition) is 4. The van der Waals surface area contributed by atoms with Gasteiger partial charge in [-0.05, 0) is 25.1 Å². The molecule has 0 amide bonds. The topological polar surface area (TPSA) is 78.4 Å². The fourth-order valence-electron chi connectivity index (χ4n) is 1.85. The van der Waals surface area contributed by atoms with E-state index >= 15 is 0 Å². The van der Waals surface area contributed by atoms with Gasteiger partial charge in [0.1, 0.15) is 11.6 Å². The Balaban J connectivity index is 2.39. The van der Waals surface area contributed by atoms with Crippen molar-refractivity contribution in [1.29, 1.82) is 0 Å². The number of halogens is 2. The lowest BCUT2D eigenvalue weighted by Gasteiger charge is -2.14. The molecule has 0 saturated carbocycles. The number of nitro benzene ring substituents is 1. The van der Waals surface area contributed by atoms with Crippen molar-refractivity contribution in [3.63, 3.8) is 0 Å². The quantitative estimate of drug-likeness (QED) is 0.689. The second kappa shape index (κ2) is 5.84. The lowest BCUT2D eigenvalue weighted by Crippen LogP contribution is -2.09. The normalized spacial score (nSPS) is 12.0. The summed E-state index contributed by atoms with van der Waals surface area (Å²) in [7, 11) is 0. The minimum atomic E-state index is -0.913. The summed E-state index contributed by atoms with van der Waals surface area (Å²) in [6, 6.07) is 6.37. The number of non-ortho nitro benzene ring substituents is 1. The molecule has 5 nitrogen and oxygen atoms in total. The molecule has 1 unspecified atom stereocenters. The molecule has 2 aromatic carbocycles. The van der Waals surface area contributed by atoms with E-state index in [1.165, 1.54) is 18.2 Å². The molecule has 0 aliphatic carbocycles. The molecule has 2 rings (SSSR count). The van der Waals surface area contributed by atoms with E-state index in [9.17, 15) is 18.9 Å². The molecule has 0 spiro atoms. The number of ether oxygens (including phenoxy) is 1. The lowest BCUT2D eigenvalue weighted by atomic mass is 10.1. The van der Waals surface area contributed by atoms with Crippen molar-refractivity contribution < 1.29 is 18.4 Å². The van der Waals surface area contributed by atoms with E-state index in [1.54, 1.807) is 6.92 Å². The Bertz CT molecular complexity index is 690. The zero-order valence-corrected chi connectivity index (χ0v) is 11.0. The standard InChI is InChI=1S/C14H12F2N2O3/c1-8(17)14-10(15)3-2-4-13(14)21-12-6-5-9(18(19)20)7-11(12)16/h2-8H,17H2,1H3. The molecule has 0 aliphatic heterocycles. The first-order chi connectivity index (χ1) is 9.90. The van der Waals surface area contributed by atoms with Crippen LogP contribution in [-0.4, -0.2) is 4.92 Å². The predicted octanol–water partition coefficient (Wildman–Crippen LogP) is 3.69. The zero-order valence-electron chi connectivity index (χ0n) is 11.0. The third-order valence-corrected chi connectivity index (χ3v) is 2.81. The molecule has 0 bridgehead atoms. The summed E-state index contributed by atoms with van der Waals surface area (Å²) in [5, 5.41) is 10.5. The summed E-state index contributed by atoms with van der Waals surface area (Å²) >= 11 is 0. The summed E-state index contributed by atoms with van der Waals surface area (Å²) in [4.78, 5) is 9.82. The summed E-state index contributed by atoms with van der Waals surface area (Å²) < 4.78 is 32.8. The number of nitro groups is 1. The first kappa shape index (κ1) is 14.9. The number of nitrogens with two attached hydrogens (primary N) is 1. The minimum absolute atomic E-state index is 0.0674. The van der Waals surface area contributed by atoms with Gasteiger partial charge in [0.15, 0.2) is 11.6 Å². The molecule has 2 N–H and O–H groups in total. The molecule has 1 atom stereocenters. The SMILES string of the molecule is CC(N)c1c(F)cccc1Oc1ccc([N+](=O)[O-])cc1F. The zero-order chi connectivity index (χ0) is 15.6. The van der Waals surface area contributed by atoms with E-state index in [0.717, 1.165) is 18.2 Å². The Hall–Kier alpha value is -2.54. The maximum Gasteiger partial charge on any atom is 0.272 e. The summed E-state index contributed by atoms with van der Waals surface area (Å²) in [6.45, 7) is 1.57. The van der Waals surface area contributed by atoms with Gasteiger partial charge >= 0.3 is 0 Å².